The van der Waals surface area contributed by atoms with Gasteiger partial charge in [-0.15, -0.1) is 0 Å². The molecule has 2 aliphatic heterocycles. The van der Waals surface area contributed by atoms with Crippen molar-refractivity contribution in [2.24, 2.45) is 0 Å². The number of halogens is 2. The van der Waals surface area contributed by atoms with E-state index in [1.54, 1.807) is 0 Å². The molecule has 0 amide bonds. The molecule has 132 valence electrons. The molecular weight excluding hydrogens is 352 g/mol. The Morgan fingerprint density at radius 1 is 1.00 bits per heavy atom. The van der Waals surface area contributed by atoms with Gasteiger partial charge < -0.3 is 4.65 Å². The molecule has 0 spiro atoms. The van der Waals surface area contributed by atoms with E-state index in [0.717, 1.165) is 27.8 Å². The second-order valence-electron chi connectivity index (χ2n) is 6.91. The van der Waals surface area contributed by atoms with E-state index in [-0.39, 0.29) is 0 Å². The van der Waals surface area contributed by atoms with E-state index < -0.39 is 0 Å². The van der Waals surface area contributed by atoms with Crippen LogP contribution in [0, 0.1) is 13.8 Å². The fourth-order valence-corrected chi connectivity index (χ4v) is 3.50. The average Bonchev–Trinajstić information content (AvgIpc) is 3.39. The summed E-state index contributed by atoms with van der Waals surface area (Å²) in [6.07, 6.45) is 4.43. The minimum Gasteiger partial charge on any atom is -0.559 e. The van der Waals surface area contributed by atoms with Gasteiger partial charge in [-0.25, -0.2) is 0 Å². The second kappa shape index (κ2) is 8.48. The van der Waals surface area contributed by atoms with Gasteiger partial charge in [0.1, 0.15) is 5.75 Å². The average molecular weight is 376 g/mol. The highest BCUT2D eigenvalue weighted by atomic mass is 35.5. The van der Waals surface area contributed by atoms with Gasteiger partial charge >= 0.3 is 7.48 Å². The van der Waals surface area contributed by atoms with Crippen molar-refractivity contribution in [2.75, 3.05) is 13.1 Å². The van der Waals surface area contributed by atoms with Gasteiger partial charge in [-0.05, 0) is 68.5 Å². The normalized spacial score (nSPS) is 20.8. The quantitative estimate of drug-likeness (QED) is 0.577. The van der Waals surface area contributed by atoms with Gasteiger partial charge in [0.15, 0.2) is 0 Å². The number of rotatable bonds is 3. The molecule has 5 heteroatoms. The lowest BCUT2D eigenvalue weighted by Crippen LogP contribution is -2.23. The van der Waals surface area contributed by atoms with Gasteiger partial charge in [0.25, 0.3) is 0 Å². The molecule has 2 unspecified atom stereocenters. The molecule has 0 bridgehead atoms. The Bertz CT molecular complexity index is 676. The summed E-state index contributed by atoms with van der Waals surface area (Å²) in [7, 11) is 0.494. The largest absolute Gasteiger partial charge is 0.559 e. The molecule has 0 radical (unpaired) electrons. The number of fused-ring (bicyclic) bond motifs is 1. The van der Waals surface area contributed by atoms with E-state index in [1.165, 1.54) is 37.9 Å². The molecule has 2 fully saturated rings. The maximum Gasteiger partial charge on any atom is 0.374 e. The Morgan fingerprint density at radius 2 is 1.72 bits per heavy atom. The molecule has 2 nitrogen and oxygen atoms in total. The Morgan fingerprint density at radius 3 is 2.40 bits per heavy atom. The molecule has 0 N–H and O–H groups in total. The number of benzene rings is 2. The zero-order valence-corrected chi connectivity index (χ0v) is 16.4. The van der Waals surface area contributed by atoms with Crippen LogP contribution >= 0.6 is 23.2 Å². The molecule has 4 rings (SSSR count). The molecule has 2 heterocycles. The summed E-state index contributed by atoms with van der Waals surface area (Å²) in [5, 5.41) is 1.40. The summed E-state index contributed by atoms with van der Waals surface area (Å²) in [6.45, 7) is 6.85. The zero-order chi connectivity index (χ0) is 17.8. The predicted octanol–water partition coefficient (Wildman–Crippen LogP) is 4.52. The molecule has 2 saturated heterocycles. The molecule has 0 aliphatic carbocycles. The van der Waals surface area contributed by atoms with Gasteiger partial charge in [-0.3, -0.25) is 4.90 Å². The van der Waals surface area contributed by atoms with E-state index in [2.05, 4.69) is 4.90 Å². The SMILES string of the molecule is C1CCN2CC2C1.Cc1ccc(Cl)cc1BOc1cc(Cl)ccc1C. The topological polar surface area (TPSA) is 12.2 Å². The van der Waals surface area contributed by atoms with Crippen LogP contribution in [0.25, 0.3) is 0 Å². The standard InChI is InChI=1S/C14H13BCl2O.C6H11N/c1-9-3-5-11(16)7-13(9)15-18-14-8-12(17)6-4-10(14)2;1-2-4-7-5-6(7)3-1/h3-8,15H,1-2H3;6H,1-5H2. The van der Waals surface area contributed by atoms with E-state index in [1.807, 2.05) is 50.2 Å². The third kappa shape index (κ3) is 5.41. The van der Waals surface area contributed by atoms with Crippen LogP contribution in [0.15, 0.2) is 36.4 Å². The van der Waals surface area contributed by atoms with E-state index in [9.17, 15) is 0 Å². The van der Waals surface area contributed by atoms with E-state index in [4.69, 9.17) is 27.9 Å². The first-order valence-corrected chi connectivity index (χ1v) is 9.66. The fourth-order valence-electron chi connectivity index (χ4n) is 3.15. The van der Waals surface area contributed by atoms with Gasteiger partial charge in [0.05, 0.1) is 0 Å². The number of aryl methyl sites for hydroxylation is 2. The van der Waals surface area contributed by atoms with E-state index in [0.29, 0.717) is 12.5 Å². The molecular formula is C20H24BCl2NO. The van der Waals surface area contributed by atoms with E-state index >= 15 is 0 Å². The molecule has 25 heavy (non-hydrogen) atoms. The highest BCUT2D eigenvalue weighted by Gasteiger charge is 2.34. The lowest BCUT2D eigenvalue weighted by atomic mass is 9.84. The third-order valence-corrected chi connectivity index (χ3v) is 5.38. The molecule has 0 aromatic heterocycles. The highest BCUT2D eigenvalue weighted by molar-refractivity contribution is 6.49. The first kappa shape index (κ1) is 18.6. The predicted molar refractivity (Wildman–Crippen MR) is 109 cm³/mol. The molecule has 2 aliphatic rings. The van der Waals surface area contributed by atoms with Crippen molar-refractivity contribution in [1.82, 2.24) is 4.90 Å². The first-order chi connectivity index (χ1) is 12.0. The minimum atomic E-state index is 0.494. The molecule has 2 aromatic carbocycles. The maximum absolute atomic E-state index is 5.98. The van der Waals surface area contributed by atoms with Gasteiger partial charge in [-0.2, -0.15) is 0 Å². The van der Waals surface area contributed by atoms with Crippen LogP contribution in [0.3, 0.4) is 0 Å². The number of hydrogen-bond acceptors (Lipinski definition) is 2. The third-order valence-electron chi connectivity index (χ3n) is 4.91. The number of nitrogens with zero attached hydrogens (tertiary/aromatic N) is 1. The maximum atomic E-state index is 5.98. The summed E-state index contributed by atoms with van der Waals surface area (Å²) in [5.74, 6) is 0.807. The summed E-state index contributed by atoms with van der Waals surface area (Å²) in [6, 6.07) is 12.5. The molecule has 2 aromatic rings. The van der Waals surface area contributed by atoms with Crippen molar-refractivity contribution in [3.8, 4) is 5.75 Å². The monoisotopic (exact) mass is 375 g/mol. The Balaban J connectivity index is 0.000000213. The Hall–Kier alpha value is -1.16. The first-order valence-electron chi connectivity index (χ1n) is 8.91. The summed E-state index contributed by atoms with van der Waals surface area (Å²) in [4.78, 5) is 2.56. The van der Waals surface area contributed by atoms with Crippen molar-refractivity contribution in [2.45, 2.75) is 39.2 Å². The smallest absolute Gasteiger partial charge is 0.374 e. The minimum absolute atomic E-state index is 0.494. The van der Waals surface area contributed by atoms with Crippen LogP contribution in [-0.2, 0) is 0 Å². The highest BCUT2D eigenvalue weighted by Crippen LogP contribution is 2.27. The lowest BCUT2D eigenvalue weighted by molar-refractivity contribution is 0.410. The lowest BCUT2D eigenvalue weighted by Gasteiger charge is -2.10. The second-order valence-corrected chi connectivity index (χ2v) is 7.79. The molecule has 2 atom stereocenters. The van der Waals surface area contributed by atoms with Gasteiger partial charge in [-0.1, -0.05) is 47.3 Å². The summed E-state index contributed by atoms with van der Waals surface area (Å²) < 4.78 is 5.80. The molecule has 0 saturated carbocycles. The van der Waals surface area contributed by atoms with Crippen molar-refractivity contribution < 1.29 is 4.65 Å². The van der Waals surface area contributed by atoms with Crippen molar-refractivity contribution in [3.63, 3.8) is 0 Å². The van der Waals surface area contributed by atoms with Crippen LogP contribution in [0.4, 0.5) is 0 Å². The van der Waals surface area contributed by atoms with Crippen LogP contribution in [0.1, 0.15) is 30.4 Å². The summed E-state index contributed by atoms with van der Waals surface area (Å²) in [5.41, 5.74) is 3.32. The van der Waals surface area contributed by atoms with Crippen molar-refractivity contribution in [1.29, 1.82) is 0 Å². The Kier molecular flexibility index (Phi) is 6.32. The van der Waals surface area contributed by atoms with Gasteiger partial charge in [0, 0.05) is 22.6 Å². The van der Waals surface area contributed by atoms with Gasteiger partial charge in [0.2, 0.25) is 0 Å². The number of piperidine rings is 1. The zero-order valence-electron chi connectivity index (χ0n) is 14.9. The van der Waals surface area contributed by atoms with Crippen LogP contribution in [0.2, 0.25) is 10.0 Å². The van der Waals surface area contributed by atoms with Crippen LogP contribution in [-0.4, -0.2) is 31.5 Å². The van der Waals surface area contributed by atoms with Crippen molar-refractivity contribution >= 4 is 36.1 Å². The van der Waals surface area contributed by atoms with Crippen LogP contribution < -0.4 is 10.1 Å². The number of hydrogen-bond donors (Lipinski definition) is 0. The van der Waals surface area contributed by atoms with Crippen molar-refractivity contribution in [3.05, 3.63) is 57.6 Å². The fraction of sp³-hybridized carbons (Fsp3) is 0.400. The van der Waals surface area contributed by atoms with Crippen LogP contribution in [0.5, 0.6) is 5.75 Å². The Labute approximate surface area is 161 Å². The summed E-state index contributed by atoms with van der Waals surface area (Å²) >= 11 is 11.9.